The van der Waals surface area contributed by atoms with E-state index in [9.17, 15) is 14.7 Å². The van der Waals surface area contributed by atoms with Gasteiger partial charge < -0.3 is 24.6 Å². The minimum absolute atomic E-state index is 0.0146. The Balaban J connectivity index is 1.32. The van der Waals surface area contributed by atoms with Crippen LogP contribution >= 0.6 is 0 Å². The number of aliphatic hydroxyl groups is 1. The topological polar surface area (TPSA) is 94.1 Å². The van der Waals surface area contributed by atoms with Gasteiger partial charge in [0.25, 0.3) is 0 Å². The molecule has 0 amide bonds. The van der Waals surface area contributed by atoms with Gasteiger partial charge in [-0.25, -0.2) is 0 Å². The number of ether oxygens (including phenoxy) is 3. The summed E-state index contributed by atoms with van der Waals surface area (Å²) in [4.78, 5) is 26.4. The highest BCUT2D eigenvalue weighted by atomic mass is 16.7. The Morgan fingerprint density at radius 3 is 2.72 bits per heavy atom. The molecule has 4 aliphatic carbocycles. The summed E-state index contributed by atoms with van der Waals surface area (Å²) in [5, 5.41) is 14.9. The lowest BCUT2D eigenvalue weighted by atomic mass is 9.46. The van der Waals surface area contributed by atoms with Crippen molar-refractivity contribution in [2.24, 2.45) is 28.6 Å². The molecule has 9 atom stereocenters. The van der Waals surface area contributed by atoms with Gasteiger partial charge in [0.2, 0.25) is 5.78 Å². The Morgan fingerprint density at radius 2 is 2.00 bits per heavy atom. The molecule has 0 spiro atoms. The summed E-state index contributed by atoms with van der Waals surface area (Å²) in [5.74, 6) is 0.883. The number of fused-ring (bicyclic) bond motifs is 7. The molecule has 210 valence electrons. The number of nitrogens with one attached hydrogen (secondary N) is 1. The van der Waals surface area contributed by atoms with Crippen molar-refractivity contribution in [3.05, 3.63) is 48.1 Å². The van der Waals surface area contributed by atoms with E-state index in [4.69, 9.17) is 14.2 Å². The molecule has 4 fully saturated rings. The Hall–Kier alpha value is -2.48. The predicted molar refractivity (Wildman–Crippen MR) is 147 cm³/mol. The molecule has 1 heterocycles. The minimum Gasteiger partial charge on any atom is -0.486 e. The molecular weight excluding hydrogens is 494 g/mol. The highest BCUT2D eigenvalue weighted by Gasteiger charge is 2.75. The summed E-state index contributed by atoms with van der Waals surface area (Å²) in [6, 6.07) is 7.53. The van der Waals surface area contributed by atoms with Crippen LogP contribution < -0.4 is 10.1 Å². The molecular formula is C32H41NO6. The maximum absolute atomic E-state index is 14.3. The molecule has 2 N–H and O–H groups in total. The first-order valence-electron chi connectivity index (χ1n) is 14.6. The lowest BCUT2D eigenvalue weighted by Gasteiger charge is -2.59. The van der Waals surface area contributed by atoms with Gasteiger partial charge in [-0.1, -0.05) is 38.8 Å². The smallest absolute Gasteiger partial charge is 0.205 e. The van der Waals surface area contributed by atoms with E-state index >= 15 is 0 Å². The number of rotatable bonds is 7. The first-order chi connectivity index (χ1) is 18.7. The van der Waals surface area contributed by atoms with E-state index in [0.29, 0.717) is 12.2 Å². The van der Waals surface area contributed by atoms with Gasteiger partial charge in [0, 0.05) is 29.5 Å². The van der Waals surface area contributed by atoms with Crippen LogP contribution in [0.25, 0.3) is 0 Å². The zero-order valence-corrected chi connectivity index (χ0v) is 23.4. The molecule has 1 saturated heterocycles. The van der Waals surface area contributed by atoms with Crippen LogP contribution in [0.2, 0.25) is 0 Å². The Morgan fingerprint density at radius 1 is 1.23 bits per heavy atom. The van der Waals surface area contributed by atoms with Gasteiger partial charge in [0.1, 0.15) is 12.4 Å². The summed E-state index contributed by atoms with van der Waals surface area (Å²) in [7, 11) is 1.86. The van der Waals surface area contributed by atoms with Gasteiger partial charge in [-0.2, -0.15) is 0 Å². The number of hydrogen-bond acceptors (Lipinski definition) is 7. The van der Waals surface area contributed by atoms with Gasteiger partial charge in [0.15, 0.2) is 17.7 Å². The van der Waals surface area contributed by atoms with E-state index in [2.05, 4.69) is 26.1 Å². The molecule has 5 aliphatic rings. The number of anilines is 1. The van der Waals surface area contributed by atoms with Crippen molar-refractivity contribution in [2.75, 3.05) is 19.0 Å². The first-order valence-corrected chi connectivity index (χ1v) is 14.6. The lowest BCUT2D eigenvalue weighted by Crippen LogP contribution is -2.63. The molecule has 7 heteroatoms. The van der Waals surface area contributed by atoms with Crippen LogP contribution in [0, 0.1) is 28.6 Å². The molecule has 7 nitrogen and oxygen atoms in total. The van der Waals surface area contributed by atoms with E-state index in [1.807, 2.05) is 37.4 Å². The van der Waals surface area contributed by atoms with Crippen molar-refractivity contribution in [3.63, 3.8) is 0 Å². The molecule has 1 aliphatic heterocycles. The van der Waals surface area contributed by atoms with Crippen LogP contribution in [0.1, 0.15) is 59.3 Å². The quantitative estimate of drug-likeness (QED) is 0.516. The Labute approximate surface area is 231 Å². The number of hydrogen-bond donors (Lipinski definition) is 2. The van der Waals surface area contributed by atoms with E-state index in [1.165, 1.54) is 0 Å². The third-order valence-electron chi connectivity index (χ3n) is 10.7. The van der Waals surface area contributed by atoms with Crippen LogP contribution in [0.5, 0.6) is 5.75 Å². The van der Waals surface area contributed by atoms with Gasteiger partial charge in [-0.3, -0.25) is 9.59 Å². The van der Waals surface area contributed by atoms with Crippen molar-refractivity contribution in [1.82, 2.24) is 0 Å². The molecule has 39 heavy (non-hydrogen) atoms. The molecule has 0 aromatic heterocycles. The van der Waals surface area contributed by atoms with Gasteiger partial charge in [-0.05, 0) is 80.4 Å². The second-order valence-electron chi connectivity index (χ2n) is 12.6. The normalized spacial score (nSPS) is 42.2. The van der Waals surface area contributed by atoms with Crippen molar-refractivity contribution < 1.29 is 28.9 Å². The number of ketones is 2. The SMILES string of the molecule is CCC[C@H]1O[C@@H]2CC3[C@@H]4CCC5=CC(=O)C=C[C@]5(C)[C@H]4[C@@H](O)C[C@]3(C)[C@]2(C(=O)COc2ccc(NC)cc2)O1. The molecule has 0 bridgehead atoms. The molecule has 0 radical (unpaired) electrons. The molecule has 3 saturated carbocycles. The highest BCUT2D eigenvalue weighted by molar-refractivity contribution is 6.01. The van der Waals surface area contributed by atoms with Crippen LogP contribution in [0.15, 0.2) is 48.1 Å². The lowest BCUT2D eigenvalue weighted by molar-refractivity contribution is -0.200. The number of allylic oxidation sites excluding steroid dienone is 4. The van der Waals surface area contributed by atoms with Crippen LogP contribution in [-0.4, -0.2) is 54.4 Å². The Kier molecular flexibility index (Phi) is 6.56. The molecule has 6 rings (SSSR count). The number of Topliss-reactive ketones (excluding diaryl/α,β-unsaturated/α-hetero) is 1. The van der Waals surface area contributed by atoms with E-state index in [-0.39, 0.29) is 47.4 Å². The van der Waals surface area contributed by atoms with Crippen molar-refractivity contribution in [2.45, 2.75) is 83.4 Å². The second-order valence-corrected chi connectivity index (χ2v) is 12.6. The number of benzene rings is 1. The third kappa shape index (κ3) is 3.87. The van der Waals surface area contributed by atoms with Crippen molar-refractivity contribution in [1.29, 1.82) is 0 Å². The monoisotopic (exact) mass is 535 g/mol. The van der Waals surface area contributed by atoms with E-state index in [0.717, 1.165) is 43.4 Å². The summed E-state index contributed by atoms with van der Waals surface area (Å²) >= 11 is 0. The van der Waals surface area contributed by atoms with Crippen molar-refractivity contribution >= 4 is 17.3 Å². The van der Waals surface area contributed by atoms with E-state index in [1.54, 1.807) is 12.2 Å². The molecule has 1 aromatic carbocycles. The zero-order valence-electron chi connectivity index (χ0n) is 23.4. The fourth-order valence-corrected chi connectivity index (χ4v) is 8.98. The van der Waals surface area contributed by atoms with Gasteiger partial charge in [-0.15, -0.1) is 0 Å². The second kappa shape index (κ2) is 9.57. The third-order valence-corrected chi connectivity index (χ3v) is 10.7. The van der Waals surface area contributed by atoms with E-state index < -0.39 is 23.4 Å². The Bertz CT molecular complexity index is 1210. The van der Waals surface area contributed by atoms with Gasteiger partial charge >= 0.3 is 0 Å². The van der Waals surface area contributed by atoms with Crippen LogP contribution in [0.4, 0.5) is 5.69 Å². The summed E-state index contributed by atoms with van der Waals surface area (Å²) in [5.41, 5.74) is -0.0274. The molecule has 1 unspecified atom stereocenters. The van der Waals surface area contributed by atoms with Crippen LogP contribution in [-0.2, 0) is 19.1 Å². The summed E-state index contributed by atoms with van der Waals surface area (Å²) in [6.45, 7) is 6.28. The highest BCUT2D eigenvalue weighted by Crippen LogP contribution is 2.69. The predicted octanol–water partition coefficient (Wildman–Crippen LogP) is 4.85. The fourth-order valence-electron chi connectivity index (χ4n) is 8.98. The largest absolute Gasteiger partial charge is 0.486 e. The zero-order chi connectivity index (χ0) is 27.6. The number of carbonyl (C=O) groups is 2. The molecule has 1 aromatic rings. The average Bonchev–Trinajstić information content (AvgIpc) is 3.40. The summed E-state index contributed by atoms with van der Waals surface area (Å²) in [6.07, 6.45) is 8.50. The fraction of sp³-hybridized carbons (Fsp3) is 0.625. The first kappa shape index (κ1) is 26.7. The average molecular weight is 536 g/mol. The van der Waals surface area contributed by atoms with Crippen LogP contribution in [0.3, 0.4) is 0 Å². The maximum Gasteiger partial charge on any atom is 0.205 e. The standard InChI is InChI=1S/C32H41NO6/c1-5-6-28-38-27-16-24-23-12-7-19-15-21(34)13-14-30(19,2)29(23)25(35)17-31(24,3)32(27,39-28)26(36)18-37-22-10-8-20(33-4)9-11-22/h8-11,13-15,23-25,27-29,33,35H,5-7,12,16-18H2,1-4H3/t23-,24?,25-,27+,28-,29+,30-,31-,32+/m0/s1. The van der Waals surface area contributed by atoms with Crippen molar-refractivity contribution in [3.8, 4) is 5.75 Å². The maximum atomic E-state index is 14.3. The summed E-state index contributed by atoms with van der Waals surface area (Å²) < 4.78 is 19.2. The number of carbonyl (C=O) groups excluding carboxylic acids is 2. The minimum atomic E-state index is -1.16. The number of aliphatic hydroxyl groups excluding tert-OH is 1. The van der Waals surface area contributed by atoms with Gasteiger partial charge in [0.05, 0.1) is 12.2 Å².